The summed E-state index contributed by atoms with van der Waals surface area (Å²) in [6.45, 7) is 3.83. The summed E-state index contributed by atoms with van der Waals surface area (Å²) in [4.78, 5) is 12.4. The van der Waals surface area contributed by atoms with Crippen LogP contribution in [0.25, 0.3) is 0 Å². The van der Waals surface area contributed by atoms with Gasteiger partial charge < -0.3 is 10.4 Å². The van der Waals surface area contributed by atoms with Gasteiger partial charge >= 0.3 is 0 Å². The number of aliphatic hydroxyl groups is 1. The summed E-state index contributed by atoms with van der Waals surface area (Å²) in [5, 5.41) is 11.8. The molecule has 1 unspecified atom stereocenters. The van der Waals surface area contributed by atoms with Crippen LogP contribution in [0, 0.1) is 5.92 Å². The van der Waals surface area contributed by atoms with Crippen LogP contribution in [0.15, 0.2) is 29.2 Å². The minimum Gasteiger partial charge on any atom is -0.396 e. The first-order chi connectivity index (χ1) is 9.45. The normalized spacial score (nSPS) is 12.8. The summed E-state index contributed by atoms with van der Waals surface area (Å²) in [7, 11) is 0. The van der Waals surface area contributed by atoms with Gasteiger partial charge in [0, 0.05) is 17.5 Å². The van der Waals surface area contributed by atoms with Crippen LogP contribution in [-0.2, 0) is 0 Å². The average molecular weight is 303 g/mol. The van der Waals surface area contributed by atoms with Crippen molar-refractivity contribution in [2.75, 3.05) is 6.61 Å². The summed E-state index contributed by atoms with van der Waals surface area (Å²) in [6, 6.07) is 6.10. The fourth-order valence-corrected chi connectivity index (χ4v) is 2.45. The Kier molecular flexibility index (Phi) is 6.95. The summed E-state index contributed by atoms with van der Waals surface area (Å²) < 4.78 is 24.9. The van der Waals surface area contributed by atoms with Crippen LogP contribution in [0.1, 0.15) is 30.6 Å². The van der Waals surface area contributed by atoms with E-state index >= 15 is 0 Å². The number of aliphatic hydroxyl groups excluding tert-OH is 1. The molecule has 0 saturated carbocycles. The molecule has 0 heterocycles. The molecule has 0 fully saturated rings. The number of thioether (sulfide) groups is 1. The zero-order valence-corrected chi connectivity index (χ0v) is 12.3. The second-order valence-electron chi connectivity index (χ2n) is 4.71. The average Bonchev–Trinajstić information content (AvgIpc) is 2.37. The van der Waals surface area contributed by atoms with Crippen LogP contribution in [-0.4, -0.2) is 29.4 Å². The van der Waals surface area contributed by atoms with E-state index in [2.05, 4.69) is 5.32 Å². The smallest absolute Gasteiger partial charge is 0.288 e. The van der Waals surface area contributed by atoms with E-state index in [1.165, 1.54) is 12.1 Å². The highest BCUT2D eigenvalue weighted by atomic mass is 32.2. The summed E-state index contributed by atoms with van der Waals surface area (Å²) >= 11 is 0.359. The zero-order chi connectivity index (χ0) is 15.1. The standard InChI is InChI=1S/C14H19F2NO2S/c1-9(2)11(7-8-18)17-13(19)10-5-3-4-6-12(10)20-14(15)16/h3-6,9,11,14,18H,7-8H2,1-2H3,(H,17,19). The third kappa shape index (κ3) is 5.09. The van der Waals surface area contributed by atoms with Crippen molar-refractivity contribution >= 4 is 17.7 Å². The van der Waals surface area contributed by atoms with E-state index in [1.54, 1.807) is 12.1 Å². The van der Waals surface area contributed by atoms with E-state index in [0.717, 1.165) is 0 Å². The molecule has 6 heteroatoms. The molecule has 1 aromatic rings. The highest BCUT2D eigenvalue weighted by Crippen LogP contribution is 2.28. The maximum Gasteiger partial charge on any atom is 0.288 e. The van der Waals surface area contributed by atoms with Crippen LogP contribution < -0.4 is 5.32 Å². The molecule has 1 aromatic carbocycles. The lowest BCUT2D eigenvalue weighted by atomic mass is 10.0. The van der Waals surface area contributed by atoms with E-state index in [-0.39, 0.29) is 34.9 Å². The predicted molar refractivity (Wildman–Crippen MR) is 76.1 cm³/mol. The van der Waals surface area contributed by atoms with Gasteiger partial charge in [0.05, 0.1) is 5.56 Å². The van der Waals surface area contributed by atoms with Crippen molar-refractivity contribution in [1.82, 2.24) is 5.32 Å². The highest BCUT2D eigenvalue weighted by molar-refractivity contribution is 7.99. The van der Waals surface area contributed by atoms with Crippen molar-refractivity contribution in [3.8, 4) is 0 Å². The molecular weight excluding hydrogens is 284 g/mol. The Bertz CT molecular complexity index is 441. The molecule has 1 atom stereocenters. The molecule has 0 saturated heterocycles. The quantitative estimate of drug-likeness (QED) is 0.761. The number of nitrogens with one attached hydrogen (secondary N) is 1. The fraction of sp³-hybridized carbons (Fsp3) is 0.500. The van der Waals surface area contributed by atoms with Crippen LogP contribution in [0.5, 0.6) is 0 Å². The minimum atomic E-state index is -2.57. The monoisotopic (exact) mass is 303 g/mol. The zero-order valence-electron chi connectivity index (χ0n) is 11.5. The number of amides is 1. The number of hydrogen-bond acceptors (Lipinski definition) is 3. The third-order valence-corrected chi connectivity index (χ3v) is 3.70. The van der Waals surface area contributed by atoms with Crippen molar-refractivity contribution in [2.45, 2.75) is 37.0 Å². The van der Waals surface area contributed by atoms with E-state index < -0.39 is 5.76 Å². The number of hydrogen-bond donors (Lipinski definition) is 2. The topological polar surface area (TPSA) is 49.3 Å². The lowest BCUT2D eigenvalue weighted by Crippen LogP contribution is -2.39. The van der Waals surface area contributed by atoms with Gasteiger partial charge in [0.2, 0.25) is 0 Å². The molecule has 0 aliphatic rings. The van der Waals surface area contributed by atoms with E-state index in [4.69, 9.17) is 5.11 Å². The Morgan fingerprint density at radius 2 is 2.00 bits per heavy atom. The van der Waals surface area contributed by atoms with Crippen LogP contribution in [0.3, 0.4) is 0 Å². The number of benzene rings is 1. The van der Waals surface area contributed by atoms with Crippen molar-refractivity contribution in [1.29, 1.82) is 0 Å². The van der Waals surface area contributed by atoms with Gasteiger partial charge in [0.25, 0.3) is 11.7 Å². The number of alkyl halides is 2. The lowest BCUT2D eigenvalue weighted by Gasteiger charge is -2.22. The number of halogens is 2. The van der Waals surface area contributed by atoms with E-state index in [1.807, 2.05) is 13.8 Å². The minimum absolute atomic E-state index is 0.0312. The number of carbonyl (C=O) groups excluding carboxylic acids is 1. The summed E-state index contributed by atoms with van der Waals surface area (Å²) in [5.41, 5.74) is 0.237. The number of carbonyl (C=O) groups is 1. The lowest BCUT2D eigenvalue weighted by molar-refractivity contribution is 0.0913. The molecule has 0 aromatic heterocycles. The molecule has 3 nitrogen and oxygen atoms in total. The van der Waals surface area contributed by atoms with E-state index in [0.29, 0.717) is 18.2 Å². The molecule has 20 heavy (non-hydrogen) atoms. The molecule has 0 spiro atoms. The van der Waals surface area contributed by atoms with Gasteiger partial charge in [-0.3, -0.25) is 4.79 Å². The van der Waals surface area contributed by atoms with Gasteiger partial charge in [0.15, 0.2) is 0 Å². The van der Waals surface area contributed by atoms with Gasteiger partial charge in [-0.2, -0.15) is 8.78 Å². The summed E-state index contributed by atoms with van der Waals surface area (Å²) in [5.74, 6) is -2.80. The molecule has 0 aliphatic carbocycles. The second kappa shape index (κ2) is 8.21. The Morgan fingerprint density at radius 1 is 1.35 bits per heavy atom. The first-order valence-electron chi connectivity index (χ1n) is 6.41. The van der Waals surface area contributed by atoms with Gasteiger partial charge in [-0.15, -0.1) is 0 Å². The molecule has 0 radical (unpaired) electrons. The molecule has 112 valence electrons. The highest BCUT2D eigenvalue weighted by Gasteiger charge is 2.19. The van der Waals surface area contributed by atoms with Crippen molar-refractivity contribution in [3.63, 3.8) is 0 Å². The Labute approximate surface area is 121 Å². The van der Waals surface area contributed by atoms with Gasteiger partial charge in [-0.25, -0.2) is 0 Å². The van der Waals surface area contributed by atoms with Crippen molar-refractivity contribution in [2.24, 2.45) is 5.92 Å². The predicted octanol–water partition coefficient (Wildman–Crippen LogP) is 3.14. The van der Waals surface area contributed by atoms with Crippen LogP contribution >= 0.6 is 11.8 Å². The molecule has 0 aliphatic heterocycles. The second-order valence-corrected chi connectivity index (χ2v) is 5.74. The Balaban J connectivity index is 2.85. The molecule has 0 bridgehead atoms. The largest absolute Gasteiger partial charge is 0.396 e. The van der Waals surface area contributed by atoms with Crippen LogP contribution in [0.2, 0.25) is 0 Å². The molecular formula is C14H19F2NO2S. The first kappa shape index (κ1) is 16.9. The Hall–Kier alpha value is -1.14. The molecule has 1 rings (SSSR count). The van der Waals surface area contributed by atoms with Crippen molar-refractivity contribution in [3.05, 3.63) is 29.8 Å². The van der Waals surface area contributed by atoms with Gasteiger partial charge in [-0.1, -0.05) is 37.7 Å². The maximum absolute atomic E-state index is 12.5. The van der Waals surface area contributed by atoms with Crippen LogP contribution in [0.4, 0.5) is 8.78 Å². The SMILES string of the molecule is CC(C)C(CCO)NC(=O)c1ccccc1SC(F)F. The number of rotatable bonds is 7. The third-order valence-electron chi connectivity index (χ3n) is 2.91. The Morgan fingerprint density at radius 3 is 2.55 bits per heavy atom. The molecule has 2 N–H and O–H groups in total. The molecule has 1 amide bonds. The van der Waals surface area contributed by atoms with Gasteiger partial charge in [-0.05, 0) is 24.5 Å². The maximum atomic E-state index is 12.5. The van der Waals surface area contributed by atoms with E-state index in [9.17, 15) is 13.6 Å². The first-order valence-corrected chi connectivity index (χ1v) is 7.29. The van der Waals surface area contributed by atoms with Crippen molar-refractivity contribution < 1.29 is 18.7 Å². The fourth-order valence-electron chi connectivity index (χ4n) is 1.81. The van der Waals surface area contributed by atoms with Gasteiger partial charge in [0.1, 0.15) is 0 Å². The summed E-state index contributed by atoms with van der Waals surface area (Å²) in [6.07, 6.45) is 0.438.